The van der Waals surface area contributed by atoms with Gasteiger partial charge in [-0.2, -0.15) is 0 Å². The molecule has 0 bridgehead atoms. The number of pyridine rings is 1. The molecule has 1 unspecified atom stereocenters. The van der Waals surface area contributed by atoms with Crippen molar-refractivity contribution in [3.63, 3.8) is 0 Å². The number of hydrogen-bond acceptors (Lipinski definition) is 3. The van der Waals surface area contributed by atoms with Crippen LogP contribution in [0, 0.1) is 0 Å². The molecule has 1 amide bonds. The van der Waals surface area contributed by atoms with E-state index in [0.29, 0.717) is 5.75 Å². The third-order valence-corrected chi connectivity index (χ3v) is 4.54. The van der Waals surface area contributed by atoms with E-state index in [-0.39, 0.29) is 6.54 Å². The molecule has 0 fully saturated rings. The number of nitrogens with zero attached hydrogens (tertiary/aromatic N) is 2. The molecule has 3 rings (SSSR count). The number of halogens is 1. The number of para-hydroxylation sites is 2. The average Bonchev–Trinajstić information content (AvgIpc) is 2.73. The summed E-state index contributed by atoms with van der Waals surface area (Å²) in [6.07, 6.45) is 8.10. The zero-order valence-corrected chi connectivity index (χ0v) is 16.2. The average molecular weight is 423 g/mol. The lowest BCUT2D eigenvalue weighted by Gasteiger charge is -2.30. The van der Waals surface area contributed by atoms with Crippen LogP contribution in [0.3, 0.4) is 0 Å². The lowest BCUT2D eigenvalue weighted by molar-refractivity contribution is -0.107. The Hall–Kier alpha value is -2.92. The Bertz CT molecular complexity index is 873. The van der Waals surface area contributed by atoms with Gasteiger partial charge in [-0.3, -0.25) is 9.78 Å². The molecule has 4 nitrogen and oxygen atoms in total. The van der Waals surface area contributed by atoms with E-state index in [9.17, 15) is 4.79 Å². The Kier molecular flexibility index (Phi) is 6.39. The number of benzene rings is 2. The zero-order chi connectivity index (χ0) is 19.0. The fourth-order valence-electron chi connectivity index (χ4n) is 2.54. The summed E-state index contributed by atoms with van der Waals surface area (Å²) >= 11 is 3.69. The van der Waals surface area contributed by atoms with Crippen molar-refractivity contribution in [1.29, 1.82) is 0 Å². The third-order valence-electron chi connectivity index (χ3n) is 3.86. The molecular weight excluding hydrogens is 404 g/mol. The Morgan fingerprint density at radius 1 is 0.963 bits per heavy atom. The Balaban J connectivity index is 1.88. The molecule has 0 saturated heterocycles. The molecule has 0 spiro atoms. The summed E-state index contributed by atoms with van der Waals surface area (Å²) in [5.74, 6) is 0.702. The van der Waals surface area contributed by atoms with E-state index in [4.69, 9.17) is 4.74 Å². The first kappa shape index (κ1) is 18.9. The number of alkyl halides is 1. The van der Waals surface area contributed by atoms with Crippen LogP contribution in [0.4, 0.5) is 5.69 Å². The van der Waals surface area contributed by atoms with Crippen LogP contribution in [-0.4, -0.2) is 22.4 Å². The van der Waals surface area contributed by atoms with Crippen LogP contribution in [0.15, 0.2) is 91.3 Å². The monoisotopic (exact) mass is 422 g/mol. The maximum atomic E-state index is 11.7. The Morgan fingerprint density at radius 3 is 2.22 bits per heavy atom. The standard InChI is InChI=1S/C22H19BrN2O2/c23-22(27-21-9-5-2-6-10-21,14-11-19-12-15-24-16-13-19)17-25(18-26)20-7-3-1-4-8-20/h1-16,18H,17H2/b14-11+. The second-order valence-corrected chi connectivity index (χ2v) is 7.23. The van der Waals surface area contributed by atoms with Gasteiger partial charge in [0.05, 0.1) is 6.54 Å². The Morgan fingerprint density at radius 2 is 1.59 bits per heavy atom. The number of ether oxygens (including phenoxy) is 1. The summed E-state index contributed by atoms with van der Waals surface area (Å²) in [5.41, 5.74) is 1.79. The van der Waals surface area contributed by atoms with Crippen LogP contribution in [0.2, 0.25) is 0 Å². The van der Waals surface area contributed by atoms with E-state index in [0.717, 1.165) is 17.7 Å². The fraction of sp³-hybridized carbons (Fsp3) is 0.0909. The van der Waals surface area contributed by atoms with Gasteiger partial charge in [0.25, 0.3) is 0 Å². The van der Waals surface area contributed by atoms with Crippen molar-refractivity contribution in [3.05, 3.63) is 96.8 Å². The second kappa shape index (κ2) is 9.14. The number of rotatable bonds is 8. The van der Waals surface area contributed by atoms with E-state index < -0.39 is 4.51 Å². The van der Waals surface area contributed by atoms with Crippen LogP contribution >= 0.6 is 15.9 Å². The predicted octanol–water partition coefficient (Wildman–Crippen LogP) is 4.93. The molecule has 27 heavy (non-hydrogen) atoms. The van der Waals surface area contributed by atoms with Crippen molar-refractivity contribution in [1.82, 2.24) is 4.98 Å². The van der Waals surface area contributed by atoms with Crippen molar-refractivity contribution >= 4 is 34.1 Å². The maximum absolute atomic E-state index is 11.7. The number of amides is 1. The van der Waals surface area contributed by atoms with Crippen LogP contribution in [0.25, 0.3) is 6.08 Å². The summed E-state index contributed by atoms with van der Waals surface area (Å²) in [6, 6.07) is 22.8. The van der Waals surface area contributed by atoms with Crippen molar-refractivity contribution in [2.75, 3.05) is 11.4 Å². The summed E-state index contributed by atoms with van der Waals surface area (Å²) in [4.78, 5) is 17.4. The Labute approximate surface area is 167 Å². The molecule has 0 N–H and O–H groups in total. The molecule has 1 heterocycles. The molecule has 1 atom stereocenters. The molecule has 0 saturated carbocycles. The van der Waals surface area contributed by atoms with Gasteiger partial charge in [-0.25, -0.2) is 0 Å². The summed E-state index contributed by atoms with van der Waals surface area (Å²) in [6.45, 7) is 0.289. The highest BCUT2D eigenvalue weighted by molar-refractivity contribution is 9.10. The molecule has 1 aromatic heterocycles. The number of anilines is 1. The third kappa shape index (κ3) is 5.53. The SMILES string of the molecule is O=CN(CC(Br)(/C=C/c1ccncc1)Oc1ccccc1)c1ccccc1. The van der Waals surface area contributed by atoms with E-state index in [2.05, 4.69) is 20.9 Å². The minimum atomic E-state index is -0.908. The number of carbonyl (C=O) groups excluding carboxylic acids is 1. The normalized spacial score (nSPS) is 13.1. The maximum Gasteiger partial charge on any atom is 0.214 e. The topological polar surface area (TPSA) is 42.4 Å². The lowest BCUT2D eigenvalue weighted by Crippen LogP contribution is -2.41. The van der Waals surface area contributed by atoms with Gasteiger partial charge in [0, 0.05) is 18.1 Å². The van der Waals surface area contributed by atoms with E-state index in [1.54, 1.807) is 17.3 Å². The quantitative estimate of drug-likeness (QED) is 0.381. The summed E-state index contributed by atoms with van der Waals surface area (Å²) in [5, 5.41) is 0. The van der Waals surface area contributed by atoms with E-state index in [1.807, 2.05) is 84.9 Å². The second-order valence-electron chi connectivity index (χ2n) is 5.88. The van der Waals surface area contributed by atoms with Gasteiger partial charge in [0.2, 0.25) is 6.41 Å². The zero-order valence-electron chi connectivity index (χ0n) is 14.6. The highest BCUT2D eigenvalue weighted by Gasteiger charge is 2.29. The van der Waals surface area contributed by atoms with E-state index >= 15 is 0 Å². The number of hydrogen-bond donors (Lipinski definition) is 0. The first-order valence-electron chi connectivity index (χ1n) is 8.48. The molecule has 0 aliphatic heterocycles. The number of aromatic nitrogens is 1. The molecular formula is C22H19BrN2O2. The molecule has 2 aromatic carbocycles. The van der Waals surface area contributed by atoms with Gasteiger partial charge < -0.3 is 9.64 Å². The van der Waals surface area contributed by atoms with Crippen LogP contribution in [0.5, 0.6) is 5.75 Å². The lowest BCUT2D eigenvalue weighted by atomic mass is 10.2. The minimum absolute atomic E-state index is 0.289. The van der Waals surface area contributed by atoms with Gasteiger partial charge in [-0.15, -0.1) is 0 Å². The number of carbonyl (C=O) groups is 1. The summed E-state index contributed by atoms with van der Waals surface area (Å²) in [7, 11) is 0. The smallest absolute Gasteiger partial charge is 0.214 e. The largest absolute Gasteiger partial charge is 0.470 e. The van der Waals surface area contributed by atoms with E-state index in [1.165, 1.54) is 0 Å². The van der Waals surface area contributed by atoms with Gasteiger partial charge in [-0.05, 0) is 64.0 Å². The fourth-order valence-corrected chi connectivity index (χ4v) is 3.13. The minimum Gasteiger partial charge on any atom is -0.470 e. The highest BCUT2D eigenvalue weighted by Crippen LogP contribution is 2.29. The molecule has 0 aliphatic carbocycles. The van der Waals surface area contributed by atoms with Crippen molar-refractivity contribution in [3.8, 4) is 5.75 Å². The van der Waals surface area contributed by atoms with Crippen molar-refractivity contribution in [2.24, 2.45) is 0 Å². The first-order chi connectivity index (χ1) is 13.2. The molecule has 0 aliphatic rings. The van der Waals surface area contributed by atoms with Crippen molar-refractivity contribution < 1.29 is 9.53 Å². The van der Waals surface area contributed by atoms with Gasteiger partial charge in [-0.1, -0.05) is 42.5 Å². The van der Waals surface area contributed by atoms with Gasteiger partial charge >= 0.3 is 0 Å². The van der Waals surface area contributed by atoms with Gasteiger partial charge in [0.15, 0.2) is 4.51 Å². The van der Waals surface area contributed by atoms with Crippen molar-refractivity contribution in [2.45, 2.75) is 4.51 Å². The summed E-state index contributed by atoms with van der Waals surface area (Å²) < 4.78 is 5.28. The molecule has 0 radical (unpaired) electrons. The predicted molar refractivity (Wildman–Crippen MR) is 112 cm³/mol. The van der Waals surface area contributed by atoms with Crippen LogP contribution in [0.1, 0.15) is 5.56 Å². The van der Waals surface area contributed by atoms with Gasteiger partial charge in [0.1, 0.15) is 5.75 Å². The first-order valence-corrected chi connectivity index (χ1v) is 9.27. The molecule has 136 valence electrons. The van der Waals surface area contributed by atoms with Crippen LogP contribution in [-0.2, 0) is 4.79 Å². The molecule has 5 heteroatoms. The van der Waals surface area contributed by atoms with Crippen LogP contribution < -0.4 is 9.64 Å². The highest BCUT2D eigenvalue weighted by atomic mass is 79.9. The molecule has 3 aromatic rings.